The molecule has 1 saturated heterocycles. The Balaban J connectivity index is 1.48. The maximum atomic E-state index is 14.5. The lowest BCUT2D eigenvalue weighted by Gasteiger charge is -2.33. The van der Waals surface area contributed by atoms with Gasteiger partial charge in [-0.25, -0.2) is 0 Å². The molecule has 0 aliphatic carbocycles. The first-order valence-corrected chi connectivity index (χ1v) is 19.6. The monoisotopic (exact) mass is 740 g/mol. The van der Waals surface area contributed by atoms with Crippen molar-refractivity contribution in [3.63, 3.8) is 0 Å². The van der Waals surface area contributed by atoms with Crippen molar-refractivity contribution in [1.29, 1.82) is 0 Å². The number of hydrogen-bond donors (Lipinski definition) is 6. The van der Waals surface area contributed by atoms with Gasteiger partial charge in [-0.2, -0.15) is 0 Å². The summed E-state index contributed by atoms with van der Waals surface area (Å²) < 4.78 is 0. The van der Waals surface area contributed by atoms with Crippen LogP contribution in [0.5, 0.6) is 0 Å². The van der Waals surface area contributed by atoms with Crippen LogP contribution < -0.4 is 21.3 Å². The Morgan fingerprint density at radius 1 is 1.00 bits per heavy atom. The van der Waals surface area contributed by atoms with Crippen molar-refractivity contribution in [2.45, 2.75) is 115 Å². The molecule has 11 nitrogen and oxygen atoms in total. The lowest BCUT2D eigenvalue weighted by atomic mass is 9.97. The number of aliphatic hydroxyl groups excluding tert-OH is 1. The third-order valence-electron chi connectivity index (χ3n) is 10.3. The average molecular weight is 741 g/mol. The van der Waals surface area contributed by atoms with Gasteiger partial charge in [-0.05, 0) is 67.3 Å². The molecule has 2 amide bonds. The standard InChI is InChI=1S/C40H61ClN6O5/c1-5-7-17-46(18-8-6-2)38(49)25-44-35(19-27(3)4)39(50)47-26-31(45-37(48)21-29-23-42-34-12-10-9-11-33(29)34)22-32(47)24-43-36(40(51)52)20-28-13-15-30(41)16-14-28/h9-16,27,29,31-32,35-36,38,42-44,49H,5-8,17-26H2,1-4H3,(H,45,48)(H,51,52)/t29?,31-,32-,35?,36?,38?/m0/s1. The largest absolute Gasteiger partial charge is 0.480 e. The predicted octanol–water partition coefficient (Wildman–Crippen LogP) is 4.84. The summed E-state index contributed by atoms with van der Waals surface area (Å²) in [7, 11) is 0. The van der Waals surface area contributed by atoms with Gasteiger partial charge in [0.05, 0.1) is 6.04 Å². The molecule has 0 aromatic heterocycles. The number of carboxylic acids is 1. The number of para-hydroxylation sites is 1. The van der Waals surface area contributed by atoms with Gasteiger partial charge in [0, 0.05) is 74.4 Å². The Labute approximate surface area is 315 Å². The van der Waals surface area contributed by atoms with Crippen molar-refractivity contribution in [3.8, 4) is 0 Å². The summed E-state index contributed by atoms with van der Waals surface area (Å²) in [6.45, 7) is 11.5. The number of halogens is 1. The van der Waals surface area contributed by atoms with Crippen LogP contribution in [-0.4, -0.2) is 107 Å². The Hall–Kier alpha value is -3.22. The molecule has 2 heterocycles. The molecule has 2 aliphatic heterocycles. The summed E-state index contributed by atoms with van der Waals surface area (Å²) in [6.07, 6.45) is 4.99. The van der Waals surface area contributed by atoms with Gasteiger partial charge in [-0.15, -0.1) is 0 Å². The number of likely N-dealkylation sites (tertiary alicyclic amines) is 1. The zero-order chi connectivity index (χ0) is 37.6. The summed E-state index contributed by atoms with van der Waals surface area (Å²) in [5.74, 6) is -0.873. The van der Waals surface area contributed by atoms with Crippen molar-refractivity contribution in [3.05, 3.63) is 64.7 Å². The van der Waals surface area contributed by atoms with Crippen molar-refractivity contribution in [2.24, 2.45) is 5.92 Å². The van der Waals surface area contributed by atoms with E-state index in [4.69, 9.17) is 11.6 Å². The maximum absolute atomic E-state index is 14.5. The number of fused-ring (bicyclic) bond motifs is 1. The highest BCUT2D eigenvalue weighted by Gasteiger charge is 2.39. The van der Waals surface area contributed by atoms with Crippen molar-refractivity contribution in [1.82, 2.24) is 25.8 Å². The van der Waals surface area contributed by atoms with Crippen LogP contribution in [-0.2, 0) is 20.8 Å². The molecular formula is C40H61ClN6O5. The maximum Gasteiger partial charge on any atom is 0.321 e. The van der Waals surface area contributed by atoms with Gasteiger partial charge < -0.3 is 36.4 Å². The molecule has 4 unspecified atom stereocenters. The van der Waals surface area contributed by atoms with Gasteiger partial charge in [0.15, 0.2) is 0 Å². The summed E-state index contributed by atoms with van der Waals surface area (Å²) in [5, 5.41) is 35.1. The van der Waals surface area contributed by atoms with Crippen molar-refractivity contribution in [2.75, 3.05) is 44.6 Å². The normalized spacial score (nSPS) is 20.1. The van der Waals surface area contributed by atoms with E-state index in [2.05, 4.69) is 59.9 Å². The number of amides is 2. The second kappa shape index (κ2) is 20.9. The molecule has 1 fully saturated rings. The first-order valence-electron chi connectivity index (χ1n) is 19.3. The number of aliphatic carboxylic acids is 1. The van der Waals surface area contributed by atoms with Gasteiger partial charge in [0.1, 0.15) is 12.3 Å². The minimum absolute atomic E-state index is 0.0669. The molecule has 0 bridgehead atoms. The van der Waals surface area contributed by atoms with E-state index in [0.717, 1.165) is 55.6 Å². The molecule has 4 rings (SSSR count). The smallest absolute Gasteiger partial charge is 0.321 e. The molecular weight excluding hydrogens is 680 g/mol. The number of rotatable bonds is 22. The number of anilines is 1. The summed E-state index contributed by atoms with van der Waals surface area (Å²) in [4.78, 5) is 44.1. The first kappa shape index (κ1) is 41.5. The summed E-state index contributed by atoms with van der Waals surface area (Å²) >= 11 is 6.05. The Bertz CT molecular complexity index is 1420. The Morgan fingerprint density at radius 3 is 2.35 bits per heavy atom. The average Bonchev–Trinajstić information content (AvgIpc) is 3.72. The third-order valence-corrected chi connectivity index (χ3v) is 10.5. The lowest BCUT2D eigenvalue weighted by Crippen LogP contribution is -2.54. The zero-order valence-corrected chi connectivity index (χ0v) is 32.2. The Morgan fingerprint density at radius 2 is 1.69 bits per heavy atom. The fourth-order valence-electron chi connectivity index (χ4n) is 7.37. The lowest BCUT2D eigenvalue weighted by molar-refractivity contribution is -0.139. The van der Waals surface area contributed by atoms with Crippen LogP contribution in [0.2, 0.25) is 5.02 Å². The molecule has 0 saturated carbocycles. The minimum Gasteiger partial charge on any atom is -0.480 e. The van der Waals surface area contributed by atoms with Crippen LogP contribution in [0, 0.1) is 5.92 Å². The van der Waals surface area contributed by atoms with Crippen molar-refractivity contribution < 1.29 is 24.6 Å². The molecule has 2 aromatic rings. The molecule has 12 heteroatoms. The number of nitrogens with one attached hydrogen (secondary N) is 4. The molecule has 6 N–H and O–H groups in total. The van der Waals surface area contributed by atoms with E-state index in [1.165, 1.54) is 0 Å². The Kier molecular flexibility index (Phi) is 16.7. The number of benzene rings is 2. The fraction of sp³-hybridized carbons (Fsp3) is 0.625. The molecule has 52 heavy (non-hydrogen) atoms. The number of aliphatic hydroxyl groups is 1. The molecule has 288 valence electrons. The van der Waals surface area contributed by atoms with Gasteiger partial charge >= 0.3 is 5.97 Å². The zero-order valence-electron chi connectivity index (χ0n) is 31.5. The van der Waals surface area contributed by atoms with E-state index in [-0.39, 0.29) is 55.2 Å². The van der Waals surface area contributed by atoms with E-state index < -0.39 is 24.3 Å². The highest BCUT2D eigenvalue weighted by atomic mass is 35.5. The fourth-order valence-corrected chi connectivity index (χ4v) is 7.49. The van der Waals surface area contributed by atoms with E-state index in [1.807, 2.05) is 35.2 Å². The number of unbranched alkanes of at least 4 members (excludes halogenated alkanes) is 2. The molecule has 0 spiro atoms. The number of hydrogen-bond acceptors (Lipinski definition) is 8. The van der Waals surface area contributed by atoms with Crippen LogP contribution in [0.4, 0.5) is 5.69 Å². The first-order chi connectivity index (χ1) is 25.0. The summed E-state index contributed by atoms with van der Waals surface area (Å²) in [5.41, 5.74) is 3.03. The van der Waals surface area contributed by atoms with Crippen LogP contribution in [0.15, 0.2) is 48.5 Å². The highest BCUT2D eigenvalue weighted by Crippen LogP contribution is 2.33. The van der Waals surface area contributed by atoms with Gasteiger partial charge in [0.2, 0.25) is 11.8 Å². The number of carbonyl (C=O) groups excluding carboxylic acids is 2. The minimum atomic E-state index is -0.981. The van der Waals surface area contributed by atoms with E-state index in [1.54, 1.807) is 12.1 Å². The van der Waals surface area contributed by atoms with E-state index in [9.17, 15) is 24.6 Å². The number of carboxylic acid groups (broad SMARTS) is 1. The quantitative estimate of drug-likeness (QED) is 0.0935. The van der Waals surface area contributed by atoms with Crippen LogP contribution in [0.1, 0.15) is 89.7 Å². The second-order valence-corrected chi connectivity index (χ2v) is 15.4. The SMILES string of the molecule is CCCCN(CCCC)C(O)CNC(CC(C)C)C(=O)N1C[C@@H](NC(=O)CC2CNc3ccccc32)C[C@H]1CNC(Cc1ccc(Cl)cc1)C(=O)O. The number of nitrogens with zero attached hydrogens (tertiary/aromatic N) is 2. The van der Waals surface area contributed by atoms with Crippen LogP contribution in [0.3, 0.4) is 0 Å². The van der Waals surface area contributed by atoms with E-state index >= 15 is 0 Å². The third kappa shape index (κ3) is 12.4. The number of carbonyl (C=O) groups is 3. The topological polar surface area (TPSA) is 146 Å². The highest BCUT2D eigenvalue weighted by molar-refractivity contribution is 6.30. The molecule has 2 aliphatic rings. The predicted molar refractivity (Wildman–Crippen MR) is 208 cm³/mol. The van der Waals surface area contributed by atoms with Crippen molar-refractivity contribution >= 4 is 35.1 Å². The van der Waals surface area contributed by atoms with Gasteiger partial charge in [0.25, 0.3) is 0 Å². The molecule has 2 aromatic carbocycles. The molecule has 6 atom stereocenters. The van der Waals surface area contributed by atoms with E-state index in [0.29, 0.717) is 37.4 Å². The molecule has 0 radical (unpaired) electrons. The van der Waals surface area contributed by atoms with Crippen LogP contribution in [0.25, 0.3) is 0 Å². The second-order valence-electron chi connectivity index (χ2n) is 15.0. The van der Waals surface area contributed by atoms with Crippen LogP contribution >= 0.6 is 11.6 Å². The summed E-state index contributed by atoms with van der Waals surface area (Å²) in [6, 6.07) is 13.1. The van der Waals surface area contributed by atoms with Gasteiger partial charge in [-0.3, -0.25) is 19.3 Å². The van der Waals surface area contributed by atoms with Gasteiger partial charge in [-0.1, -0.05) is 82.5 Å².